The van der Waals surface area contributed by atoms with Gasteiger partial charge in [-0.05, 0) is 24.6 Å². The van der Waals surface area contributed by atoms with Crippen LogP contribution in [0.25, 0.3) is 0 Å². The van der Waals surface area contributed by atoms with Gasteiger partial charge in [0.15, 0.2) is 0 Å². The van der Waals surface area contributed by atoms with Crippen LogP contribution < -0.4 is 5.32 Å². The van der Waals surface area contributed by atoms with Crippen molar-refractivity contribution in [3.8, 4) is 0 Å². The molecule has 0 aromatic heterocycles. The largest absolute Gasteiger partial charge is 0.389 e. The van der Waals surface area contributed by atoms with E-state index in [1.807, 2.05) is 0 Å². The number of aliphatic hydroxyl groups excluding tert-OH is 1. The van der Waals surface area contributed by atoms with Gasteiger partial charge in [-0.2, -0.15) is 0 Å². The minimum atomic E-state index is -0.666. The third kappa shape index (κ3) is 5.67. The monoisotopic (exact) mass is 275 g/mol. The van der Waals surface area contributed by atoms with Crippen LogP contribution in [0.2, 0.25) is 5.02 Å². The normalized spacial score (nSPS) is 12.4. The zero-order chi connectivity index (χ0) is 13.4. The van der Waals surface area contributed by atoms with Crippen molar-refractivity contribution in [2.24, 2.45) is 0 Å². The van der Waals surface area contributed by atoms with E-state index in [1.54, 1.807) is 0 Å². The Bertz CT molecular complexity index is 363. The highest BCUT2D eigenvalue weighted by Gasteiger charge is 2.07. The van der Waals surface area contributed by atoms with Gasteiger partial charge in [-0.15, -0.1) is 0 Å². The Morgan fingerprint density at radius 2 is 2.28 bits per heavy atom. The van der Waals surface area contributed by atoms with Gasteiger partial charge in [-0.3, -0.25) is 0 Å². The molecule has 18 heavy (non-hydrogen) atoms. The molecule has 0 spiro atoms. The lowest BCUT2D eigenvalue weighted by Crippen LogP contribution is -2.25. The molecule has 5 heteroatoms. The van der Waals surface area contributed by atoms with Crippen LogP contribution in [0.3, 0.4) is 0 Å². The molecule has 0 fully saturated rings. The van der Waals surface area contributed by atoms with Crippen molar-refractivity contribution < 1.29 is 14.2 Å². The standard InChI is InChI=1S/C13H19ClFNO2/c1-2-3-6-18-9-11(17)8-16-13-7-10(14)4-5-12(13)15/h4-5,7,11,16-17H,2-3,6,8-9H2,1H3. The molecule has 0 saturated heterocycles. The lowest BCUT2D eigenvalue weighted by atomic mass is 10.3. The van der Waals surface area contributed by atoms with Crippen LogP contribution in [-0.4, -0.2) is 31.0 Å². The van der Waals surface area contributed by atoms with Crippen molar-refractivity contribution in [2.45, 2.75) is 25.9 Å². The molecule has 3 nitrogen and oxygen atoms in total. The van der Waals surface area contributed by atoms with E-state index in [4.69, 9.17) is 16.3 Å². The van der Waals surface area contributed by atoms with Crippen molar-refractivity contribution in [1.82, 2.24) is 0 Å². The van der Waals surface area contributed by atoms with Crippen LogP contribution in [-0.2, 0) is 4.74 Å². The molecular weight excluding hydrogens is 257 g/mol. The van der Waals surface area contributed by atoms with Gasteiger partial charge < -0.3 is 15.2 Å². The van der Waals surface area contributed by atoms with Crippen molar-refractivity contribution in [3.63, 3.8) is 0 Å². The summed E-state index contributed by atoms with van der Waals surface area (Å²) in [5.74, 6) is -0.390. The first-order valence-corrected chi connectivity index (χ1v) is 6.46. The molecule has 0 aliphatic rings. The maximum atomic E-state index is 13.3. The van der Waals surface area contributed by atoms with Crippen LogP contribution in [0.5, 0.6) is 0 Å². The van der Waals surface area contributed by atoms with Crippen molar-refractivity contribution >= 4 is 17.3 Å². The first-order valence-electron chi connectivity index (χ1n) is 6.08. The lowest BCUT2D eigenvalue weighted by molar-refractivity contribution is 0.0421. The quantitative estimate of drug-likeness (QED) is 0.717. The average Bonchev–Trinajstić information content (AvgIpc) is 2.36. The molecule has 1 rings (SSSR count). The van der Waals surface area contributed by atoms with Crippen LogP contribution in [0.4, 0.5) is 10.1 Å². The van der Waals surface area contributed by atoms with E-state index in [2.05, 4.69) is 12.2 Å². The van der Waals surface area contributed by atoms with Gasteiger partial charge in [0.2, 0.25) is 0 Å². The number of aliphatic hydroxyl groups is 1. The van der Waals surface area contributed by atoms with Crippen LogP contribution in [0.1, 0.15) is 19.8 Å². The third-order valence-corrected chi connectivity index (χ3v) is 2.64. The minimum absolute atomic E-state index is 0.226. The number of rotatable bonds is 8. The molecule has 0 saturated carbocycles. The van der Waals surface area contributed by atoms with Gasteiger partial charge >= 0.3 is 0 Å². The summed E-state index contributed by atoms with van der Waals surface area (Å²) < 4.78 is 18.6. The fraction of sp³-hybridized carbons (Fsp3) is 0.538. The summed E-state index contributed by atoms with van der Waals surface area (Å²) in [6.45, 7) is 3.18. The van der Waals surface area contributed by atoms with Gasteiger partial charge in [-0.1, -0.05) is 24.9 Å². The molecule has 0 amide bonds. The number of nitrogens with one attached hydrogen (secondary N) is 1. The van der Waals surface area contributed by atoms with Crippen molar-refractivity contribution in [1.29, 1.82) is 0 Å². The second-order valence-corrected chi connectivity index (χ2v) is 4.52. The Morgan fingerprint density at radius 3 is 3.00 bits per heavy atom. The molecule has 1 aromatic rings. The van der Waals surface area contributed by atoms with E-state index in [0.717, 1.165) is 12.8 Å². The maximum absolute atomic E-state index is 13.3. The summed E-state index contributed by atoms with van der Waals surface area (Å²) in [7, 11) is 0. The number of halogens is 2. The predicted octanol–water partition coefficient (Wildman–Crippen LogP) is 3.07. The molecule has 102 valence electrons. The van der Waals surface area contributed by atoms with E-state index in [1.165, 1.54) is 18.2 Å². The van der Waals surface area contributed by atoms with Gasteiger partial charge in [0, 0.05) is 18.2 Å². The minimum Gasteiger partial charge on any atom is -0.389 e. The van der Waals surface area contributed by atoms with E-state index in [9.17, 15) is 9.50 Å². The molecule has 1 unspecified atom stereocenters. The Kier molecular flexibility index (Phi) is 7.01. The fourth-order valence-corrected chi connectivity index (χ4v) is 1.56. The van der Waals surface area contributed by atoms with Crippen LogP contribution in [0, 0.1) is 5.82 Å². The highest BCUT2D eigenvalue weighted by atomic mass is 35.5. The Labute approximate surface area is 112 Å². The molecule has 0 heterocycles. The molecule has 1 aromatic carbocycles. The zero-order valence-electron chi connectivity index (χ0n) is 10.5. The van der Waals surface area contributed by atoms with E-state index >= 15 is 0 Å². The summed E-state index contributed by atoms with van der Waals surface area (Å²) in [6, 6.07) is 4.25. The highest BCUT2D eigenvalue weighted by molar-refractivity contribution is 6.30. The molecule has 0 aliphatic heterocycles. The molecule has 0 radical (unpaired) electrons. The number of unbranched alkanes of at least 4 members (excludes halogenated alkanes) is 1. The van der Waals surface area contributed by atoms with Crippen molar-refractivity contribution in [3.05, 3.63) is 29.0 Å². The topological polar surface area (TPSA) is 41.5 Å². The first kappa shape index (κ1) is 15.2. The van der Waals surface area contributed by atoms with Gasteiger partial charge in [0.1, 0.15) is 5.82 Å². The van der Waals surface area contributed by atoms with Gasteiger partial charge in [-0.25, -0.2) is 4.39 Å². The zero-order valence-corrected chi connectivity index (χ0v) is 11.2. The number of hydrogen-bond acceptors (Lipinski definition) is 3. The fourth-order valence-electron chi connectivity index (χ4n) is 1.39. The predicted molar refractivity (Wildman–Crippen MR) is 71.6 cm³/mol. The smallest absolute Gasteiger partial charge is 0.146 e. The summed E-state index contributed by atoms with van der Waals surface area (Å²) in [6.07, 6.45) is 1.37. The van der Waals surface area contributed by atoms with E-state index in [-0.39, 0.29) is 18.8 Å². The van der Waals surface area contributed by atoms with Gasteiger partial charge in [0.05, 0.1) is 18.4 Å². The summed E-state index contributed by atoms with van der Waals surface area (Å²) in [5.41, 5.74) is 0.287. The summed E-state index contributed by atoms with van der Waals surface area (Å²) in [5, 5.41) is 12.9. The third-order valence-electron chi connectivity index (χ3n) is 2.41. The second-order valence-electron chi connectivity index (χ2n) is 4.09. The number of anilines is 1. The SMILES string of the molecule is CCCCOCC(O)CNc1cc(Cl)ccc1F. The van der Waals surface area contributed by atoms with Crippen LogP contribution >= 0.6 is 11.6 Å². The highest BCUT2D eigenvalue weighted by Crippen LogP contribution is 2.19. The Balaban J connectivity index is 2.29. The maximum Gasteiger partial charge on any atom is 0.146 e. The number of ether oxygens (including phenoxy) is 1. The summed E-state index contributed by atoms with van der Waals surface area (Å²) in [4.78, 5) is 0. The first-order chi connectivity index (χ1) is 8.63. The molecule has 0 aliphatic carbocycles. The van der Waals surface area contributed by atoms with E-state index in [0.29, 0.717) is 11.6 Å². The molecule has 1 atom stereocenters. The van der Waals surface area contributed by atoms with Crippen molar-refractivity contribution in [2.75, 3.05) is 25.1 Å². The number of hydrogen-bond donors (Lipinski definition) is 2. The summed E-state index contributed by atoms with van der Waals surface area (Å²) >= 11 is 5.76. The van der Waals surface area contributed by atoms with Crippen LogP contribution in [0.15, 0.2) is 18.2 Å². The molecule has 2 N–H and O–H groups in total. The average molecular weight is 276 g/mol. The number of benzene rings is 1. The second kappa shape index (κ2) is 8.29. The van der Waals surface area contributed by atoms with Gasteiger partial charge in [0.25, 0.3) is 0 Å². The Morgan fingerprint density at radius 1 is 1.50 bits per heavy atom. The molecular formula is C13H19ClFNO2. The van der Waals surface area contributed by atoms with E-state index < -0.39 is 11.9 Å². The lowest BCUT2D eigenvalue weighted by Gasteiger charge is -2.13. The Hall–Kier alpha value is -0.840. The molecule has 0 bridgehead atoms.